The Morgan fingerprint density at radius 3 is 2.71 bits per heavy atom. The van der Waals surface area contributed by atoms with Crippen molar-refractivity contribution >= 4 is 33.0 Å². The first kappa shape index (κ1) is 18.4. The Morgan fingerprint density at radius 2 is 2.11 bits per heavy atom. The fourth-order valence-electron chi connectivity index (χ4n) is 2.53. The highest BCUT2D eigenvalue weighted by Gasteiger charge is 2.36. The van der Waals surface area contributed by atoms with Gasteiger partial charge in [0.25, 0.3) is 5.56 Å². The zero-order valence-electron chi connectivity index (χ0n) is 14.0. The highest BCUT2D eigenvalue weighted by atomic mass is 32.2. The Balaban J connectivity index is 1.63. The largest absolute Gasteiger partial charge is 0.476 e. The molecule has 0 spiro atoms. The zero-order valence-corrected chi connectivity index (χ0v) is 15.7. The number of carboxylic acid groups (broad SMARTS) is 1. The van der Waals surface area contributed by atoms with E-state index >= 15 is 0 Å². The lowest BCUT2D eigenvalue weighted by Crippen LogP contribution is -2.18. The maximum absolute atomic E-state index is 14.4. The molecule has 0 atom stereocenters. The molecule has 146 valence electrons. The quantitative estimate of drug-likeness (QED) is 0.554. The lowest BCUT2D eigenvalue weighted by Gasteiger charge is -2.09. The molecule has 0 bridgehead atoms. The number of aromatic carboxylic acids is 1. The Kier molecular flexibility index (Phi) is 4.31. The van der Waals surface area contributed by atoms with Gasteiger partial charge in [-0.05, 0) is 25.0 Å². The third kappa shape index (κ3) is 3.43. The number of aromatic amines is 1. The molecule has 4 rings (SSSR count). The van der Waals surface area contributed by atoms with E-state index in [1.54, 1.807) is 0 Å². The lowest BCUT2D eigenvalue weighted by atomic mass is 10.1. The number of carbonyl (C=O) groups is 1. The molecule has 0 aliphatic heterocycles. The summed E-state index contributed by atoms with van der Waals surface area (Å²) in [7, 11) is -3.59. The number of anilines is 1. The number of nitrogens with zero attached hydrogens (tertiary/aromatic N) is 2. The Bertz CT molecular complexity index is 1240. The summed E-state index contributed by atoms with van der Waals surface area (Å²) in [5.74, 6) is -1.99. The van der Waals surface area contributed by atoms with Crippen LogP contribution >= 0.6 is 11.3 Å². The van der Waals surface area contributed by atoms with Crippen molar-refractivity contribution in [3.05, 3.63) is 51.5 Å². The number of sulfonamides is 1. The Morgan fingerprint density at radius 1 is 1.36 bits per heavy atom. The van der Waals surface area contributed by atoms with Crippen LogP contribution in [0.3, 0.4) is 0 Å². The predicted molar refractivity (Wildman–Crippen MR) is 100.0 cm³/mol. The molecule has 12 heteroatoms. The topological polar surface area (TPSA) is 134 Å². The second kappa shape index (κ2) is 6.56. The smallest absolute Gasteiger partial charge is 0.355 e. The van der Waals surface area contributed by atoms with Crippen LogP contribution in [-0.2, 0) is 10.0 Å². The molecule has 1 aromatic carbocycles. The van der Waals surface area contributed by atoms with E-state index < -0.39 is 32.6 Å². The molecule has 1 aliphatic carbocycles. The molecule has 0 amide bonds. The van der Waals surface area contributed by atoms with E-state index in [9.17, 15) is 22.4 Å². The molecule has 3 N–H and O–H groups in total. The van der Waals surface area contributed by atoms with E-state index in [4.69, 9.17) is 5.11 Å². The maximum Gasteiger partial charge on any atom is 0.355 e. The number of nitrogens with one attached hydrogen (secondary N) is 2. The second-order valence-electron chi connectivity index (χ2n) is 6.20. The van der Waals surface area contributed by atoms with Gasteiger partial charge in [-0.25, -0.2) is 22.6 Å². The van der Waals surface area contributed by atoms with Crippen molar-refractivity contribution < 1.29 is 22.7 Å². The Labute approximate surface area is 161 Å². The number of halogens is 1. The summed E-state index contributed by atoms with van der Waals surface area (Å²) < 4.78 is 41.6. The van der Waals surface area contributed by atoms with Crippen molar-refractivity contribution in [2.75, 3.05) is 4.72 Å². The molecule has 0 saturated heterocycles. The van der Waals surface area contributed by atoms with E-state index in [1.807, 2.05) is 0 Å². The van der Waals surface area contributed by atoms with Gasteiger partial charge in [0, 0.05) is 17.0 Å². The van der Waals surface area contributed by atoms with Crippen molar-refractivity contribution in [1.82, 2.24) is 14.8 Å². The van der Waals surface area contributed by atoms with Crippen molar-refractivity contribution in [3.8, 4) is 16.4 Å². The minimum atomic E-state index is -3.59. The van der Waals surface area contributed by atoms with Crippen molar-refractivity contribution in [3.63, 3.8) is 0 Å². The number of H-pyrrole nitrogens is 1. The van der Waals surface area contributed by atoms with E-state index in [0.29, 0.717) is 18.4 Å². The molecule has 3 aromatic rings. The summed E-state index contributed by atoms with van der Waals surface area (Å²) in [5, 5.41) is 12.6. The summed E-state index contributed by atoms with van der Waals surface area (Å²) in [6.45, 7) is 0. The van der Waals surface area contributed by atoms with E-state index in [-0.39, 0.29) is 22.2 Å². The third-order valence-corrected chi connectivity index (χ3v) is 6.80. The molecule has 0 radical (unpaired) electrons. The van der Waals surface area contributed by atoms with Crippen LogP contribution in [0.5, 0.6) is 0 Å². The van der Waals surface area contributed by atoms with Gasteiger partial charge in [0.05, 0.1) is 16.6 Å². The maximum atomic E-state index is 14.4. The number of carboxylic acids is 1. The Hall–Kier alpha value is -2.99. The number of thiazole rings is 1. The lowest BCUT2D eigenvalue weighted by molar-refractivity contribution is 0.0691. The molecular weight excluding hydrogens is 411 g/mol. The first-order valence-corrected chi connectivity index (χ1v) is 10.5. The van der Waals surface area contributed by atoms with Gasteiger partial charge >= 0.3 is 5.97 Å². The minimum absolute atomic E-state index is 0.128. The summed E-state index contributed by atoms with van der Waals surface area (Å²) >= 11 is 0.963. The number of hydrogen-bond acceptors (Lipinski definition) is 6. The van der Waals surface area contributed by atoms with Crippen molar-refractivity contribution in [1.29, 1.82) is 0 Å². The molecule has 2 aromatic heterocycles. The first-order chi connectivity index (χ1) is 13.2. The molecule has 0 unspecified atom stereocenters. The molecule has 1 saturated carbocycles. The van der Waals surface area contributed by atoms with Crippen molar-refractivity contribution in [2.24, 2.45) is 0 Å². The van der Waals surface area contributed by atoms with Gasteiger partial charge in [0.2, 0.25) is 15.2 Å². The van der Waals surface area contributed by atoms with Crippen LogP contribution in [0.2, 0.25) is 0 Å². The standard InChI is InChI=1S/C16H13FN4O5S2/c17-10-5-8(1-4-11(10)20-28(25,26)9-2-3-9)12-6-14(22)21(19-12)16-18-13(7-27-16)15(23)24/h1,4-7,9,19-20H,2-3H2,(H,23,24). The summed E-state index contributed by atoms with van der Waals surface area (Å²) in [4.78, 5) is 26.9. The molecule has 1 fully saturated rings. The van der Waals surface area contributed by atoms with Crippen molar-refractivity contribution in [2.45, 2.75) is 18.1 Å². The normalized spacial score (nSPS) is 14.2. The molecule has 28 heavy (non-hydrogen) atoms. The second-order valence-corrected chi connectivity index (χ2v) is 9.00. The summed E-state index contributed by atoms with van der Waals surface area (Å²) in [6.07, 6.45) is 1.12. The van der Waals surface area contributed by atoms with Gasteiger partial charge in [0.15, 0.2) is 5.69 Å². The van der Waals surface area contributed by atoms with Crippen LogP contribution < -0.4 is 10.3 Å². The van der Waals surface area contributed by atoms with Gasteiger partial charge in [-0.2, -0.15) is 4.68 Å². The van der Waals surface area contributed by atoms with Gasteiger partial charge in [-0.3, -0.25) is 14.6 Å². The fraction of sp³-hybridized carbons (Fsp3) is 0.188. The molecule has 1 aliphatic rings. The zero-order chi connectivity index (χ0) is 20.1. The molecule has 2 heterocycles. The van der Waals surface area contributed by atoms with Gasteiger partial charge in [-0.15, -0.1) is 11.3 Å². The van der Waals surface area contributed by atoms with Crippen LogP contribution in [0.1, 0.15) is 23.3 Å². The van der Waals surface area contributed by atoms with Crippen LogP contribution in [0.25, 0.3) is 16.4 Å². The summed E-state index contributed by atoms with van der Waals surface area (Å²) in [6, 6.07) is 5.07. The predicted octanol–water partition coefficient (Wildman–Crippen LogP) is 2.03. The van der Waals surface area contributed by atoms with Gasteiger partial charge in [0.1, 0.15) is 5.82 Å². The SMILES string of the molecule is O=C(O)c1csc(-n2[nH]c(-c3ccc(NS(=O)(=O)C4CC4)c(F)c3)cc2=O)n1. The van der Waals surface area contributed by atoms with E-state index in [2.05, 4.69) is 14.8 Å². The highest BCUT2D eigenvalue weighted by molar-refractivity contribution is 7.93. The number of benzene rings is 1. The van der Waals surface area contributed by atoms with Crippen LogP contribution in [0, 0.1) is 5.82 Å². The van der Waals surface area contributed by atoms with Crippen LogP contribution in [0.15, 0.2) is 34.4 Å². The average Bonchev–Trinajstić information content (AvgIpc) is 3.26. The highest BCUT2D eigenvalue weighted by Crippen LogP contribution is 2.31. The van der Waals surface area contributed by atoms with Gasteiger partial charge in [-0.1, -0.05) is 6.07 Å². The van der Waals surface area contributed by atoms with E-state index in [0.717, 1.165) is 22.1 Å². The average molecular weight is 424 g/mol. The number of rotatable bonds is 6. The van der Waals surface area contributed by atoms with Crippen LogP contribution in [-0.4, -0.2) is 39.5 Å². The molecular formula is C16H13FN4O5S2. The van der Waals surface area contributed by atoms with Crippen LogP contribution in [0.4, 0.5) is 10.1 Å². The number of aromatic nitrogens is 3. The minimum Gasteiger partial charge on any atom is -0.476 e. The molecule has 9 nitrogen and oxygen atoms in total. The fourth-order valence-corrected chi connectivity index (χ4v) is 4.69. The monoisotopic (exact) mass is 424 g/mol. The van der Waals surface area contributed by atoms with Gasteiger partial charge < -0.3 is 5.11 Å². The van der Waals surface area contributed by atoms with E-state index in [1.165, 1.54) is 23.6 Å². The summed E-state index contributed by atoms with van der Waals surface area (Å²) in [5.41, 5.74) is -0.268. The number of hydrogen-bond donors (Lipinski definition) is 3. The third-order valence-electron chi connectivity index (χ3n) is 4.12. The first-order valence-electron chi connectivity index (χ1n) is 8.07.